The zero-order chi connectivity index (χ0) is 21.0. The third kappa shape index (κ3) is 5.57. The van der Waals surface area contributed by atoms with E-state index in [1.54, 1.807) is 0 Å². The van der Waals surface area contributed by atoms with Gasteiger partial charge in [-0.25, -0.2) is 0 Å². The van der Waals surface area contributed by atoms with E-state index in [1.165, 1.54) is 17.7 Å². The summed E-state index contributed by atoms with van der Waals surface area (Å²) < 4.78 is 5.76. The molecule has 1 fully saturated rings. The molecule has 0 aromatic heterocycles. The highest BCUT2D eigenvalue weighted by molar-refractivity contribution is 6.19. The van der Waals surface area contributed by atoms with Crippen LogP contribution >= 0.6 is 0 Å². The van der Waals surface area contributed by atoms with Gasteiger partial charge in [0.05, 0.1) is 13.2 Å². The standard InChI is InChI=1S/C21H26N2O6/c1-21(7-8-21)13-29-12-15-4-2-14(3-5-15)11-23-9-6-16(24)18(20(23)28)19(27)22-10-17(25)26/h2-5,24H,6-13H2,1H3,(H,22,27)(H,25,26). The van der Waals surface area contributed by atoms with Gasteiger partial charge in [-0.2, -0.15) is 0 Å². The number of amides is 2. The van der Waals surface area contributed by atoms with Crippen LogP contribution in [-0.2, 0) is 32.3 Å². The molecule has 0 saturated heterocycles. The molecular formula is C21H26N2O6. The van der Waals surface area contributed by atoms with E-state index in [0.29, 0.717) is 18.6 Å². The topological polar surface area (TPSA) is 116 Å². The molecule has 0 bridgehead atoms. The number of carboxylic acids is 1. The summed E-state index contributed by atoms with van der Waals surface area (Å²) in [6.07, 6.45) is 2.58. The number of hydrogen-bond acceptors (Lipinski definition) is 5. The number of nitrogens with zero attached hydrogens (tertiary/aromatic N) is 1. The molecule has 2 aliphatic rings. The van der Waals surface area contributed by atoms with Gasteiger partial charge in [-0.15, -0.1) is 0 Å². The van der Waals surface area contributed by atoms with Gasteiger partial charge in [-0.1, -0.05) is 31.2 Å². The summed E-state index contributed by atoms with van der Waals surface area (Å²) in [5.41, 5.74) is 1.90. The van der Waals surface area contributed by atoms with E-state index >= 15 is 0 Å². The number of rotatable bonds is 9. The Hall–Kier alpha value is -2.87. The highest BCUT2D eigenvalue weighted by atomic mass is 16.5. The largest absolute Gasteiger partial charge is 0.511 e. The van der Waals surface area contributed by atoms with Gasteiger partial charge in [0.1, 0.15) is 17.9 Å². The highest BCUT2D eigenvalue weighted by Crippen LogP contribution is 2.45. The van der Waals surface area contributed by atoms with Crippen molar-refractivity contribution in [3.8, 4) is 0 Å². The van der Waals surface area contributed by atoms with E-state index in [1.807, 2.05) is 24.3 Å². The number of carbonyl (C=O) groups is 3. The summed E-state index contributed by atoms with van der Waals surface area (Å²) >= 11 is 0. The minimum atomic E-state index is -1.23. The van der Waals surface area contributed by atoms with E-state index in [4.69, 9.17) is 9.84 Å². The van der Waals surface area contributed by atoms with Crippen LogP contribution < -0.4 is 5.32 Å². The molecular weight excluding hydrogens is 376 g/mol. The summed E-state index contributed by atoms with van der Waals surface area (Å²) in [7, 11) is 0. The van der Waals surface area contributed by atoms with Gasteiger partial charge in [0.15, 0.2) is 0 Å². The molecule has 0 unspecified atom stereocenters. The lowest BCUT2D eigenvalue weighted by Crippen LogP contribution is -2.43. The molecule has 1 aliphatic heterocycles. The summed E-state index contributed by atoms with van der Waals surface area (Å²) in [5.74, 6) is -3.03. The Bertz CT molecular complexity index is 826. The van der Waals surface area contributed by atoms with Crippen LogP contribution in [0, 0.1) is 5.41 Å². The predicted molar refractivity (Wildman–Crippen MR) is 104 cm³/mol. The molecule has 1 saturated carbocycles. The summed E-state index contributed by atoms with van der Waals surface area (Å²) in [5, 5.41) is 20.7. The Kier molecular flexibility index (Phi) is 6.22. The second kappa shape index (κ2) is 8.65. The predicted octanol–water partition coefficient (Wildman–Crippen LogP) is 1.75. The first-order chi connectivity index (χ1) is 13.8. The number of hydrogen-bond donors (Lipinski definition) is 3. The molecule has 1 aromatic rings. The second-order valence-electron chi connectivity index (χ2n) is 7.99. The minimum Gasteiger partial charge on any atom is -0.511 e. The number of aliphatic hydroxyl groups excluding tert-OH is 1. The van der Waals surface area contributed by atoms with Gasteiger partial charge < -0.3 is 25.2 Å². The fourth-order valence-electron chi connectivity index (χ4n) is 3.11. The Balaban J connectivity index is 1.56. The van der Waals surface area contributed by atoms with E-state index in [0.717, 1.165) is 17.7 Å². The van der Waals surface area contributed by atoms with Crippen molar-refractivity contribution in [2.75, 3.05) is 19.7 Å². The van der Waals surface area contributed by atoms with Crippen LogP contribution in [0.1, 0.15) is 37.3 Å². The zero-order valence-electron chi connectivity index (χ0n) is 16.4. The first-order valence-corrected chi connectivity index (χ1v) is 9.64. The van der Waals surface area contributed by atoms with Crippen molar-refractivity contribution in [3.05, 3.63) is 46.7 Å². The van der Waals surface area contributed by atoms with Gasteiger partial charge in [0.25, 0.3) is 11.8 Å². The summed E-state index contributed by atoms with van der Waals surface area (Å²) in [4.78, 5) is 36.8. The Labute approximate surface area is 169 Å². The van der Waals surface area contributed by atoms with Crippen molar-refractivity contribution in [2.45, 2.75) is 39.3 Å². The normalized spacial score (nSPS) is 18.0. The molecule has 8 nitrogen and oxygen atoms in total. The van der Waals surface area contributed by atoms with Gasteiger partial charge in [0.2, 0.25) is 0 Å². The number of carbonyl (C=O) groups excluding carboxylic acids is 2. The smallest absolute Gasteiger partial charge is 0.322 e. The maximum atomic E-state index is 12.6. The third-order valence-corrected chi connectivity index (χ3v) is 5.25. The molecule has 8 heteroatoms. The van der Waals surface area contributed by atoms with Crippen molar-refractivity contribution in [2.24, 2.45) is 5.41 Å². The van der Waals surface area contributed by atoms with Crippen LogP contribution in [0.25, 0.3) is 0 Å². The number of benzene rings is 1. The van der Waals surface area contributed by atoms with Gasteiger partial charge in [-0.05, 0) is 29.4 Å². The Morgan fingerprint density at radius 1 is 1.21 bits per heavy atom. The Morgan fingerprint density at radius 3 is 2.48 bits per heavy atom. The fraction of sp³-hybridized carbons (Fsp3) is 0.476. The lowest BCUT2D eigenvalue weighted by molar-refractivity contribution is -0.138. The average molecular weight is 402 g/mol. The van der Waals surface area contributed by atoms with Gasteiger partial charge in [-0.3, -0.25) is 14.4 Å². The lowest BCUT2D eigenvalue weighted by atomic mass is 10.0. The maximum absolute atomic E-state index is 12.6. The van der Waals surface area contributed by atoms with E-state index in [2.05, 4.69) is 12.2 Å². The fourth-order valence-corrected chi connectivity index (χ4v) is 3.11. The van der Waals surface area contributed by atoms with Crippen molar-refractivity contribution in [3.63, 3.8) is 0 Å². The minimum absolute atomic E-state index is 0.145. The molecule has 1 aromatic carbocycles. The highest BCUT2D eigenvalue weighted by Gasteiger charge is 2.37. The second-order valence-corrected chi connectivity index (χ2v) is 7.99. The quantitative estimate of drug-likeness (QED) is 0.542. The first-order valence-electron chi connectivity index (χ1n) is 9.64. The summed E-state index contributed by atoms with van der Waals surface area (Å²) in [6.45, 7) is 3.48. The van der Waals surface area contributed by atoms with E-state index in [9.17, 15) is 19.5 Å². The summed E-state index contributed by atoms with van der Waals surface area (Å²) in [6, 6.07) is 7.72. The monoisotopic (exact) mass is 402 g/mol. The molecule has 2 amide bonds. The molecule has 0 atom stereocenters. The van der Waals surface area contributed by atoms with E-state index < -0.39 is 29.9 Å². The zero-order valence-corrected chi connectivity index (χ0v) is 16.4. The van der Waals surface area contributed by atoms with Crippen molar-refractivity contribution in [1.29, 1.82) is 0 Å². The number of nitrogens with one attached hydrogen (secondary N) is 1. The molecule has 3 N–H and O–H groups in total. The molecule has 0 radical (unpaired) electrons. The third-order valence-electron chi connectivity index (χ3n) is 5.25. The maximum Gasteiger partial charge on any atom is 0.322 e. The first kappa shape index (κ1) is 20.9. The van der Waals surface area contributed by atoms with Crippen LogP contribution in [0.2, 0.25) is 0 Å². The lowest BCUT2D eigenvalue weighted by Gasteiger charge is -2.28. The van der Waals surface area contributed by atoms with Gasteiger partial charge >= 0.3 is 5.97 Å². The van der Waals surface area contributed by atoms with Crippen LogP contribution in [0.3, 0.4) is 0 Å². The van der Waals surface area contributed by atoms with Crippen molar-refractivity contribution >= 4 is 17.8 Å². The number of ether oxygens (including phenoxy) is 1. The molecule has 0 spiro atoms. The number of aliphatic hydroxyl groups is 1. The van der Waals surface area contributed by atoms with Crippen LogP contribution in [0.5, 0.6) is 0 Å². The molecule has 156 valence electrons. The van der Waals surface area contributed by atoms with E-state index in [-0.39, 0.29) is 18.7 Å². The van der Waals surface area contributed by atoms with Gasteiger partial charge in [0, 0.05) is 19.5 Å². The average Bonchev–Trinajstić information content (AvgIpc) is 3.41. The molecule has 29 heavy (non-hydrogen) atoms. The molecule has 1 aliphatic carbocycles. The van der Waals surface area contributed by atoms with Crippen LogP contribution in [0.4, 0.5) is 0 Å². The number of carboxylic acid groups (broad SMARTS) is 1. The van der Waals surface area contributed by atoms with Crippen LogP contribution in [0.15, 0.2) is 35.6 Å². The van der Waals surface area contributed by atoms with Crippen LogP contribution in [-0.4, -0.2) is 52.6 Å². The number of aliphatic carboxylic acids is 1. The Morgan fingerprint density at radius 2 is 1.86 bits per heavy atom. The van der Waals surface area contributed by atoms with Crippen molar-refractivity contribution < 1.29 is 29.3 Å². The van der Waals surface area contributed by atoms with Crippen molar-refractivity contribution in [1.82, 2.24) is 10.2 Å². The SMILES string of the molecule is CC1(COCc2ccc(CN3CCC(O)=C(C(=O)NCC(=O)O)C3=O)cc2)CC1. The molecule has 1 heterocycles. The molecule has 3 rings (SSSR count).